The van der Waals surface area contributed by atoms with Gasteiger partial charge in [0.25, 0.3) is 0 Å². The molecule has 0 aromatic rings. The molecular weight excluding hydrogens is 288 g/mol. The van der Waals surface area contributed by atoms with Gasteiger partial charge in [0, 0.05) is 11.3 Å². The van der Waals surface area contributed by atoms with Crippen molar-refractivity contribution in [1.29, 1.82) is 0 Å². The first-order valence-electron chi connectivity index (χ1n) is 9.72. The van der Waals surface area contributed by atoms with Crippen LogP contribution in [0.3, 0.4) is 0 Å². The van der Waals surface area contributed by atoms with E-state index >= 15 is 0 Å². The molecule has 0 N–H and O–H groups in total. The highest BCUT2D eigenvalue weighted by molar-refractivity contribution is 5.75. The van der Waals surface area contributed by atoms with E-state index in [1.54, 1.807) is 0 Å². The third kappa shape index (κ3) is 1.59. The summed E-state index contributed by atoms with van der Waals surface area (Å²) in [5.74, 6) is 2.05. The molecule has 3 nitrogen and oxygen atoms in total. The smallest absolute Gasteiger partial charge is 0.311 e. The Balaban J connectivity index is 1.61. The van der Waals surface area contributed by atoms with Crippen LogP contribution in [0.25, 0.3) is 0 Å². The molecule has 2 heterocycles. The third-order valence-corrected chi connectivity index (χ3v) is 8.92. The van der Waals surface area contributed by atoms with Crippen LogP contribution in [0.4, 0.5) is 0 Å². The van der Waals surface area contributed by atoms with Crippen LogP contribution in [-0.4, -0.2) is 18.9 Å². The Bertz CT molecular complexity index is 555. The van der Waals surface area contributed by atoms with Gasteiger partial charge in [-0.25, -0.2) is 0 Å². The van der Waals surface area contributed by atoms with E-state index in [1.165, 1.54) is 38.5 Å². The molecule has 128 valence electrons. The molecule has 0 amide bonds. The van der Waals surface area contributed by atoms with Crippen LogP contribution in [0, 0.1) is 39.9 Å². The van der Waals surface area contributed by atoms with E-state index < -0.39 is 0 Å². The quantitative estimate of drug-likeness (QED) is 0.629. The summed E-state index contributed by atoms with van der Waals surface area (Å²) in [4.78, 5) is 12.3. The Morgan fingerprint density at radius 3 is 2.65 bits per heavy atom. The van der Waals surface area contributed by atoms with Gasteiger partial charge >= 0.3 is 5.97 Å². The van der Waals surface area contributed by atoms with Crippen molar-refractivity contribution in [1.82, 2.24) is 0 Å². The summed E-state index contributed by atoms with van der Waals surface area (Å²) < 4.78 is 11.9. The molecule has 2 saturated heterocycles. The van der Waals surface area contributed by atoms with E-state index in [9.17, 15) is 4.79 Å². The van der Waals surface area contributed by atoms with Crippen molar-refractivity contribution < 1.29 is 14.3 Å². The predicted octanol–water partition coefficient (Wildman–Crippen LogP) is 4.15. The Morgan fingerprint density at radius 1 is 1.00 bits per heavy atom. The minimum atomic E-state index is -0.246. The molecular formula is C20H30O3. The lowest BCUT2D eigenvalue weighted by Crippen LogP contribution is -2.65. The largest absolute Gasteiger partial charge is 0.435 e. The standard InChI is InChI=1S/C20H30O3/c1-18(2)8-4-9-19(3)14(18)7-10-20-13-11-22-17(20)23-16(21)12(13)5-6-15(19)20/h12-15,17H,4-11H2,1-3H3/t12-,13-,14+,15?,17+,19+,20-/m1/s1. The molecule has 0 aromatic carbocycles. The fourth-order valence-corrected chi connectivity index (χ4v) is 8.14. The zero-order valence-corrected chi connectivity index (χ0v) is 14.8. The van der Waals surface area contributed by atoms with Crippen molar-refractivity contribution in [2.75, 3.05) is 6.61 Å². The van der Waals surface area contributed by atoms with Crippen LogP contribution in [0.1, 0.15) is 65.7 Å². The molecule has 5 rings (SSSR count). The highest BCUT2D eigenvalue weighted by Crippen LogP contribution is 2.72. The highest BCUT2D eigenvalue weighted by Gasteiger charge is 2.72. The number of hydrogen-bond acceptors (Lipinski definition) is 3. The Morgan fingerprint density at radius 2 is 1.83 bits per heavy atom. The molecule has 23 heavy (non-hydrogen) atoms. The van der Waals surface area contributed by atoms with Crippen LogP contribution in [0.2, 0.25) is 0 Å². The van der Waals surface area contributed by atoms with Crippen LogP contribution < -0.4 is 0 Å². The van der Waals surface area contributed by atoms with Crippen molar-refractivity contribution in [2.24, 2.45) is 39.9 Å². The first-order valence-corrected chi connectivity index (χ1v) is 9.72. The second-order valence-corrected chi connectivity index (χ2v) is 10.00. The molecule has 5 fully saturated rings. The predicted molar refractivity (Wildman–Crippen MR) is 86.4 cm³/mol. The number of carbonyl (C=O) groups excluding carboxylic acids is 1. The molecule has 5 aliphatic rings. The summed E-state index contributed by atoms with van der Waals surface area (Å²) in [6, 6.07) is 0. The second kappa shape index (κ2) is 4.33. The molecule has 0 radical (unpaired) electrons. The van der Waals surface area contributed by atoms with Gasteiger partial charge < -0.3 is 9.47 Å². The van der Waals surface area contributed by atoms with Gasteiger partial charge in [-0.05, 0) is 61.2 Å². The number of rotatable bonds is 0. The van der Waals surface area contributed by atoms with Gasteiger partial charge in [0.1, 0.15) is 0 Å². The molecule has 3 aliphatic carbocycles. The third-order valence-electron chi connectivity index (χ3n) is 8.92. The van der Waals surface area contributed by atoms with E-state index in [1.807, 2.05) is 0 Å². The van der Waals surface area contributed by atoms with Crippen molar-refractivity contribution in [3.63, 3.8) is 0 Å². The van der Waals surface area contributed by atoms with Gasteiger partial charge in [0.2, 0.25) is 6.29 Å². The molecule has 3 saturated carbocycles. The summed E-state index contributed by atoms with van der Waals surface area (Å²) in [5, 5.41) is 0. The molecule has 1 unspecified atom stereocenters. The zero-order chi connectivity index (χ0) is 16.0. The Kier molecular flexibility index (Phi) is 2.78. The van der Waals surface area contributed by atoms with E-state index in [0.717, 1.165) is 18.9 Å². The molecule has 2 aliphatic heterocycles. The SMILES string of the molecule is CC1(C)CCC[C@]2(C)C3CC[C@H]4C(=O)O[C@@H]5OC[C@H]4[C@]35CC[C@@H]12. The minimum absolute atomic E-state index is 0.0258. The van der Waals surface area contributed by atoms with Gasteiger partial charge in [-0.2, -0.15) is 0 Å². The van der Waals surface area contributed by atoms with E-state index in [0.29, 0.717) is 22.7 Å². The summed E-state index contributed by atoms with van der Waals surface area (Å²) in [6.45, 7) is 8.30. The molecule has 3 heteroatoms. The second-order valence-electron chi connectivity index (χ2n) is 10.00. The van der Waals surface area contributed by atoms with Gasteiger partial charge in [-0.1, -0.05) is 27.2 Å². The van der Waals surface area contributed by atoms with Crippen molar-refractivity contribution in [3.8, 4) is 0 Å². The lowest BCUT2D eigenvalue weighted by molar-refractivity contribution is -0.263. The number of esters is 1. The minimum Gasteiger partial charge on any atom is -0.435 e. The van der Waals surface area contributed by atoms with Crippen molar-refractivity contribution >= 4 is 5.97 Å². The first-order chi connectivity index (χ1) is 10.9. The molecule has 4 bridgehead atoms. The lowest BCUT2D eigenvalue weighted by atomic mass is 9.38. The van der Waals surface area contributed by atoms with Gasteiger partial charge in [-0.15, -0.1) is 0 Å². The maximum Gasteiger partial charge on any atom is 0.311 e. The summed E-state index contributed by atoms with van der Waals surface area (Å²) in [7, 11) is 0. The highest BCUT2D eigenvalue weighted by atomic mass is 16.7. The topological polar surface area (TPSA) is 35.5 Å². The van der Waals surface area contributed by atoms with Crippen molar-refractivity contribution in [3.05, 3.63) is 0 Å². The summed E-state index contributed by atoms with van der Waals surface area (Å²) in [5.41, 5.74) is 0.991. The summed E-state index contributed by atoms with van der Waals surface area (Å²) >= 11 is 0. The fraction of sp³-hybridized carbons (Fsp3) is 0.950. The maximum atomic E-state index is 12.3. The molecule has 1 spiro atoms. The van der Waals surface area contributed by atoms with E-state index in [-0.39, 0.29) is 23.6 Å². The average Bonchev–Trinajstić information content (AvgIpc) is 2.72. The normalized spacial score (nSPS) is 56.5. The van der Waals surface area contributed by atoms with Crippen LogP contribution in [-0.2, 0) is 14.3 Å². The number of hydrogen-bond donors (Lipinski definition) is 0. The number of carbonyl (C=O) groups is 1. The number of fused-ring (bicyclic) bond motifs is 2. The maximum absolute atomic E-state index is 12.3. The Hall–Kier alpha value is -0.570. The van der Waals surface area contributed by atoms with E-state index in [2.05, 4.69) is 20.8 Å². The van der Waals surface area contributed by atoms with Gasteiger partial charge in [-0.3, -0.25) is 4.79 Å². The van der Waals surface area contributed by atoms with Crippen molar-refractivity contribution in [2.45, 2.75) is 72.0 Å². The van der Waals surface area contributed by atoms with Gasteiger partial charge in [0.05, 0.1) is 12.5 Å². The Labute approximate surface area is 139 Å². The number of ether oxygens (including phenoxy) is 2. The van der Waals surface area contributed by atoms with E-state index in [4.69, 9.17) is 9.47 Å². The van der Waals surface area contributed by atoms with Crippen LogP contribution >= 0.6 is 0 Å². The monoisotopic (exact) mass is 318 g/mol. The summed E-state index contributed by atoms with van der Waals surface area (Å²) in [6.07, 6.45) is 8.56. The first kappa shape index (κ1) is 14.7. The lowest BCUT2D eigenvalue weighted by Gasteiger charge is -2.67. The van der Waals surface area contributed by atoms with Crippen LogP contribution in [0.5, 0.6) is 0 Å². The fourth-order valence-electron chi connectivity index (χ4n) is 8.14. The van der Waals surface area contributed by atoms with Gasteiger partial charge in [0.15, 0.2) is 0 Å². The van der Waals surface area contributed by atoms with Crippen LogP contribution in [0.15, 0.2) is 0 Å². The molecule has 0 aromatic heterocycles. The zero-order valence-electron chi connectivity index (χ0n) is 14.8. The average molecular weight is 318 g/mol. The molecule has 7 atom stereocenters.